The quantitative estimate of drug-likeness (QED) is 0.568. The van der Waals surface area contributed by atoms with E-state index in [9.17, 15) is 17.6 Å². The Bertz CT molecular complexity index is 1120. The van der Waals surface area contributed by atoms with E-state index in [-0.39, 0.29) is 42.2 Å². The molecule has 158 valence electrons. The minimum atomic E-state index is -3.13. The van der Waals surface area contributed by atoms with Gasteiger partial charge in [0.1, 0.15) is 23.1 Å². The number of furan rings is 2. The summed E-state index contributed by atoms with van der Waals surface area (Å²) in [4.78, 5) is 14.5. The molecule has 1 atom stereocenters. The minimum Gasteiger partial charge on any atom is -0.467 e. The SMILES string of the molecule is O=C(CCc1ccc(-c2ccccc2F)o1)N(Cc1ccco1)C1CCS(=O)(=O)C1. The lowest BCUT2D eigenvalue weighted by Gasteiger charge is -2.27. The van der Waals surface area contributed by atoms with Crippen LogP contribution in [-0.2, 0) is 27.6 Å². The standard InChI is InChI=1S/C22H22FNO5S/c23-20-6-2-1-5-19(20)21-9-7-17(29-21)8-10-22(25)24(14-18-4-3-12-28-18)16-11-13-30(26,27)15-16/h1-7,9,12,16H,8,10-11,13-15H2. The summed E-state index contributed by atoms with van der Waals surface area (Å²) < 4.78 is 48.8. The summed E-state index contributed by atoms with van der Waals surface area (Å²) in [6.45, 7) is 0.227. The molecule has 0 spiro atoms. The fourth-order valence-electron chi connectivity index (χ4n) is 3.70. The molecule has 1 fully saturated rings. The van der Waals surface area contributed by atoms with Gasteiger partial charge in [-0.1, -0.05) is 12.1 Å². The molecule has 8 heteroatoms. The number of hydrogen-bond acceptors (Lipinski definition) is 5. The van der Waals surface area contributed by atoms with E-state index < -0.39 is 9.84 Å². The Kier molecular flexibility index (Phi) is 5.76. The first-order valence-electron chi connectivity index (χ1n) is 9.77. The van der Waals surface area contributed by atoms with Crippen LogP contribution in [0.1, 0.15) is 24.4 Å². The van der Waals surface area contributed by atoms with Gasteiger partial charge in [-0.2, -0.15) is 0 Å². The van der Waals surface area contributed by atoms with E-state index in [1.807, 2.05) is 0 Å². The fraction of sp³-hybridized carbons (Fsp3) is 0.318. The Labute approximate surface area is 174 Å². The van der Waals surface area contributed by atoms with Crippen molar-refractivity contribution in [3.63, 3.8) is 0 Å². The first-order valence-corrected chi connectivity index (χ1v) is 11.6. The van der Waals surface area contributed by atoms with E-state index in [4.69, 9.17) is 8.83 Å². The number of carbonyl (C=O) groups is 1. The van der Waals surface area contributed by atoms with Gasteiger partial charge in [0.05, 0.1) is 29.9 Å². The number of hydrogen-bond donors (Lipinski definition) is 0. The molecule has 6 nitrogen and oxygen atoms in total. The van der Waals surface area contributed by atoms with Crippen molar-refractivity contribution in [3.05, 3.63) is 72.1 Å². The first-order chi connectivity index (χ1) is 14.4. The first kappa shape index (κ1) is 20.4. The number of sulfone groups is 1. The highest BCUT2D eigenvalue weighted by molar-refractivity contribution is 7.91. The smallest absolute Gasteiger partial charge is 0.223 e. The average Bonchev–Trinajstić information content (AvgIpc) is 3.46. The van der Waals surface area contributed by atoms with Crippen LogP contribution in [0.4, 0.5) is 4.39 Å². The molecule has 0 saturated carbocycles. The Hall–Kier alpha value is -2.87. The molecule has 3 aromatic rings. The molecule has 1 aliphatic rings. The largest absolute Gasteiger partial charge is 0.467 e. The summed E-state index contributed by atoms with van der Waals surface area (Å²) in [5, 5.41) is 0. The number of amides is 1. The number of halogens is 1. The zero-order chi connectivity index (χ0) is 21.1. The molecule has 0 radical (unpaired) electrons. The van der Waals surface area contributed by atoms with Gasteiger partial charge in [0, 0.05) is 18.9 Å². The van der Waals surface area contributed by atoms with Crippen molar-refractivity contribution < 1.29 is 26.4 Å². The van der Waals surface area contributed by atoms with E-state index in [1.165, 1.54) is 12.3 Å². The second kappa shape index (κ2) is 8.47. The number of carbonyl (C=O) groups excluding carboxylic acids is 1. The zero-order valence-corrected chi connectivity index (χ0v) is 17.1. The lowest BCUT2D eigenvalue weighted by atomic mass is 10.1. The molecule has 0 aliphatic carbocycles. The summed E-state index contributed by atoms with van der Waals surface area (Å²) in [7, 11) is -3.13. The van der Waals surface area contributed by atoms with Crippen LogP contribution < -0.4 is 0 Å². The van der Waals surface area contributed by atoms with Crippen molar-refractivity contribution in [2.24, 2.45) is 0 Å². The van der Waals surface area contributed by atoms with Gasteiger partial charge >= 0.3 is 0 Å². The molecule has 30 heavy (non-hydrogen) atoms. The number of rotatable bonds is 7. The molecular formula is C22H22FNO5S. The maximum absolute atomic E-state index is 13.9. The Morgan fingerprint density at radius 3 is 2.63 bits per heavy atom. The molecule has 1 saturated heterocycles. The van der Waals surface area contributed by atoms with Crippen molar-refractivity contribution in [2.75, 3.05) is 11.5 Å². The predicted molar refractivity (Wildman–Crippen MR) is 109 cm³/mol. The third kappa shape index (κ3) is 4.64. The summed E-state index contributed by atoms with van der Waals surface area (Å²) in [6.07, 6.45) is 2.44. The van der Waals surface area contributed by atoms with Gasteiger partial charge < -0.3 is 13.7 Å². The molecule has 3 heterocycles. The molecule has 1 aromatic carbocycles. The van der Waals surface area contributed by atoms with Crippen molar-refractivity contribution in [1.29, 1.82) is 0 Å². The normalized spacial score (nSPS) is 17.8. The van der Waals surface area contributed by atoms with Crippen molar-refractivity contribution >= 4 is 15.7 Å². The van der Waals surface area contributed by atoms with Crippen molar-refractivity contribution in [1.82, 2.24) is 4.90 Å². The minimum absolute atomic E-state index is 0.0301. The van der Waals surface area contributed by atoms with Gasteiger partial charge in [-0.05, 0) is 42.8 Å². The van der Waals surface area contributed by atoms with Crippen LogP contribution in [0.5, 0.6) is 0 Å². The van der Waals surface area contributed by atoms with Crippen LogP contribution in [0.15, 0.2) is 63.6 Å². The Morgan fingerprint density at radius 2 is 1.93 bits per heavy atom. The summed E-state index contributed by atoms with van der Waals surface area (Å²) in [5.74, 6) is 1.09. The third-order valence-corrected chi connectivity index (χ3v) is 7.01. The zero-order valence-electron chi connectivity index (χ0n) is 16.3. The van der Waals surface area contributed by atoms with Crippen LogP contribution in [-0.4, -0.2) is 36.8 Å². The van der Waals surface area contributed by atoms with Crippen LogP contribution in [0.2, 0.25) is 0 Å². The van der Waals surface area contributed by atoms with E-state index in [2.05, 4.69) is 0 Å². The maximum Gasteiger partial charge on any atom is 0.223 e. The van der Waals surface area contributed by atoms with Gasteiger partial charge in [0.15, 0.2) is 9.84 Å². The van der Waals surface area contributed by atoms with Gasteiger partial charge in [0.25, 0.3) is 0 Å². The van der Waals surface area contributed by atoms with E-state index >= 15 is 0 Å². The van der Waals surface area contributed by atoms with Crippen molar-refractivity contribution in [3.8, 4) is 11.3 Å². The highest BCUT2D eigenvalue weighted by Crippen LogP contribution is 2.26. The summed E-state index contributed by atoms with van der Waals surface area (Å²) >= 11 is 0. The second-order valence-electron chi connectivity index (χ2n) is 7.40. The Morgan fingerprint density at radius 1 is 1.10 bits per heavy atom. The lowest BCUT2D eigenvalue weighted by molar-refractivity contribution is -0.134. The topological polar surface area (TPSA) is 80.7 Å². The lowest BCUT2D eigenvalue weighted by Crippen LogP contribution is -2.40. The van der Waals surface area contributed by atoms with Gasteiger partial charge in [0.2, 0.25) is 5.91 Å². The maximum atomic E-state index is 13.9. The average molecular weight is 431 g/mol. The van der Waals surface area contributed by atoms with E-state index in [1.54, 1.807) is 47.4 Å². The van der Waals surface area contributed by atoms with Gasteiger partial charge in [-0.3, -0.25) is 4.79 Å². The molecule has 2 aromatic heterocycles. The van der Waals surface area contributed by atoms with Crippen LogP contribution in [0.25, 0.3) is 11.3 Å². The highest BCUT2D eigenvalue weighted by atomic mass is 32.2. The molecule has 1 amide bonds. The summed E-state index contributed by atoms with van der Waals surface area (Å²) in [5.41, 5.74) is 0.366. The van der Waals surface area contributed by atoms with Crippen LogP contribution >= 0.6 is 0 Å². The molecular weight excluding hydrogens is 409 g/mol. The van der Waals surface area contributed by atoms with Gasteiger partial charge in [-0.15, -0.1) is 0 Å². The number of benzene rings is 1. The highest BCUT2D eigenvalue weighted by Gasteiger charge is 2.35. The number of aryl methyl sites for hydroxylation is 1. The molecule has 0 bridgehead atoms. The molecule has 0 N–H and O–H groups in total. The molecule has 1 aliphatic heterocycles. The number of nitrogens with zero attached hydrogens (tertiary/aromatic N) is 1. The summed E-state index contributed by atoms with van der Waals surface area (Å²) in [6, 6.07) is 12.9. The molecule has 4 rings (SSSR count). The predicted octanol–water partition coefficient (Wildman–Crippen LogP) is 3.83. The van der Waals surface area contributed by atoms with E-state index in [0.717, 1.165) is 0 Å². The van der Waals surface area contributed by atoms with Gasteiger partial charge in [-0.25, -0.2) is 12.8 Å². The monoisotopic (exact) mass is 431 g/mol. The van der Waals surface area contributed by atoms with Crippen molar-refractivity contribution in [2.45, 2.75) is 31.8 Å². The Balaban J connectivity index is 1.44. The van der Waals surface area contributed by atoms with Crippen LogP contribution in [0.3, 0.4) is 0 Å². The fourth-order valence-corrected chi connectivity index (χ4v) is 5.44. The molecule has 1 unspecified atom stereocenters. The second-order valence-corrected chi connectivity index (χ2v) is 9.63. The third-order valence-electron chi connectivity index (χ3n) is 5.26. The van der Waals surface area contributed by atoms with Crippen LogP contribution in [0, 0.1) is 5.82 Å². The van der Waals surface area contributed by atoms with E-state index in [0.29, 0.717) is 35.7 Å².